The van der Waals surface area contributed by atoms with Gasteiger partial charge in [-0.25, -0.2) is 0 Å². The molecule has 1 aromatic rings. The van der Waals surface area contributed by atoms with E-state index in [0.29, 0.717) is 11.5 Å². The Morgan fingerprint density at radius 1 is 1.33 bits per heavy atom. The van der Waals surface area contributed by atoms with E-state index in [0.717, 1.165) is 31.1 Å². The van der Waals surface area contributed by atoms with Crippen molar-refractivity contribution in [1.82, 2.24) is 4.90 Å². The maximum atomic E-state index is 9.94. The molecule has 0 aromatic heterocycles. The van der Waals surface area contributed by atoms with Crippen molar-refractivity contribution in [3.05, 3.63) is 23.8 Å². The number of likely N-dealkylation sites (tertiary alicyclic amines) is 1. The quantitative estimate of drug-likeness (QED) is 0.890. The zero-order chi connectivity index (χ0) is 13.0. The summed E-state index contributed by atoms with van der Waals surface area (Å²) in [5.41, 5.74) is 0.991. The summed E-state index contributed by atoms with van der Waals surface area (Å²) in [6, 6.07) is 5.56. The van der Waals surface area contributed by atoms with Crippen LogP contribution in [-0.2, 0) is 6.54 Å². The van der Waals surface area contributed by atoms with Gasteiger partial charge in [-0.3, -0.25) is 4.90 Å². The number of phenols is 1. The highest BCUT2D eigenvalue weighted by molar-refractivity contribution is 5.39. The van der Waals surface area contributed by atoms with Crippen molar-refractivity contribution in [3.63, 3.8) is 0 Å². The maximum Gasteiger partial charge on any atom is 0.123 e. The molecule has 2 rings (SSSR count). The summed E-state index contributed by atoms with van der Waals surface area (Å²) in [5.74, 6) is 1.94. The predicted octanol–water partition coefficient (Wildman–Crippen LogP) is 3.02. The number of benzene rings is 1. The molecule has 1 fully saturated rings. The number of hydrogen-bond donors (Lipinski definition) is 1. The second kappa shape index (κ2) is 6.10. The molecule has 1 aromatic carbocycles. The summed E-state index contributed by atoms with van der Waals surface area (Å²) in [6.07, 6.45) is 3.86. The predicted molar refractivity (Wildman–Crippen MR) is 73.0 cm³/mol. The van der Waals surface area contributed by atoms with Gasteiger partial charge in [0.1, 0.15) is 11.5 Å². The van der Waals surface area contributed by atoms with Gasteiger partial charge in [-0.05, 0) is 37.9 Å². The molecular formula is C15H23NO2. The first-order valence-corrected chi connectivity index (χ1v) is 6.81. The van der Waals surface area contributed by atoms with Crippen molar-refractivity contribution >= 4 is 0 Å². The molecule has 0 amide bonds. The number of nitrogens with zero attached hydrogens (tertiary/aromatic N) is 1. The summed E-state index contributed by atoms with van der Waals surface area (Å²) in [5, 5.41) is 9.94. The smallest absolute Gasteiger partial charge is 0.123 e. The molecule has 3 nitrogen and oxygen atoms in total. The molecule has 1 aliphatic heterocycles. The van der Waals surface area contributed by atoms with Crippen LogP contribution in [0.15, 0.2) is 18.2 Å². The molecule has 1 saturated heterocycles. The van der Waals surface area contributed by atoms with Gasteiger partial charge in [0.05, 0.1) is 7.11 Å². The van der Waals surface area contributed by atoms with Gasteiger partial charge in [0, 0.05) is 18.2 Å². The Labute approximate surface area is 109 Å². The lowest BCUT2D eigenvalue weighted by molar-refractivity contribution is 0.173. The fourth-order valence-corrected chi connectivity index (χ4v) is 2.60. The third-order valence-electron chi connectivity index (χ3n) is 3.97. The number of hydrogen-bond acceptors (Lipinski definition) is 3. The number of aromatic hydroxyl groups is 1. The third kappa shape index (κ3) is 3.16. The van der Waals surface area contributed by atoms with Gasteiger partial charge < -0.3 is 9.84 Å². The zero-order valence-corrected chi connectivity index (χ0v) is 11.4. The Hall–Kier alpha value is -1.22. The fraction of sp³-hybridized carbons (Fsp3) is 0.600. The monoisotopic (exact) mass is 249 g/mol. The van der Waals surface area contributed by atoms with Gasteiger partial charge in [-0.15, -0.1) is 0 Å². The zero-order valence-electron chi connectivity index (χ0n) is 11.4. The molecule has 0 saturated carbocycles. The van der Waals surface area contributed by atoms with Crippen molar-refractivity contribution < 1.29 is 9.84 Å². The molecule has 1 heterocycles. The summed E-state index contributed by atoms with van der Waals surface area (Å²) >= 11 is 0. The summed E-state index contributed by atoms with van der Waals surface area (Å²) in [7, 11) is 1.62. The van der Waals surface area contributed by atoms with E-state index < -0.39 is 0 Å². The Bertz CT molecular complexity index is 384. The Kier molecular flexibility index (Phi) is 4.48. The van der Waals surface area contributed by atoms with Gasteiger partial charge in [0.15, 0.2) is 0 Å². The average Bonchev–Trinajstić information content (AvgIpc) is 2.42. The van der Waals surface area contributed by atoms with Crippen LogP contribution in [0.1, 0.15) is 31.7 Å². The lowest BCUT2D eigenvalue weighted by atomic mass is 9.94. The molecule has 0 unspecified atom stereocenters. The van der Waals surface area contributed by atoms with Crippen LogP contribution in [-0.4, -0.2) is 30.2 Å². The van der Waals surface area contributed by atoms with Crippen molar-refractivity contribution in [2.45, 2.75) is 32.7 Å². The van der Waals surface area contributed by atoms with Crippen LogP contribution >= 0.6 is 0 Å². The Balaban J connectivity index is 1.94. The van der Waals surface area contributed by atoms with E-state index >= 15 is 0 Å². The summed E-state index contributed by atoms with van der Waals surface area (Å²) in [6.45, 7) is 5.40. The number of methoxy groups -OCH3 is 1. The summed E-state index contributed by atoms with van der Waals surface area (Å²) in [4.78, 5) is 2.42. The molecular weight excluding hydrogens is 226 g/mol. The minimum absolute atomic E-state index is 0.340. The van der Waals surface area contributed by atoms with E-state index in [9.17, 15) is 5.11 Å². The highest BCUT2D eigenvalue weighted by Gasteiger charge is 2.18. The first-order valence-electron chi connectivity index (χ1n) is 6.81. The van der Waals surface area contributed by atoms with Crippen molar-refractivity contribution in [2.24, 2.45) is 5.92 Å². The topological polar surface area (TPSA) is 32.7 Å². The van der Waals surface area contributed by atoms with Crippen LogP contribution in [0.3, 0.4) is 0 Å². The highest BCUT2D eigenvalue weighted by Crippen LogP contribution is 2.27. The maximum absolute atomic E-state index is 9.94. The van der Waals surface area contributed by atoms with Crippen LogP contribution in [0.4, 0.5) is 0 Å². The molecule has 0 spiro atoms. The fourth-order valence-electron chi connectivity index (χ4n) is 2.60. The minimum atomic E-state index is 0.340. The average molecular weight is 249 g/mol. The van der Waals surface area contributed by atoms with Crippen LogP contribution < -0.4 is 4.74 Å². The van der Waals surface area contributed by atoms with Crippen molar-refractivity contribution in [2.75, 3.05) is 20.2 Å². The largest absolute Gasteiger partial charge is 0.507 e. The third-order valence-corrected chi connectivity index (χ3v) is 3.97. The number of piperidine rings is 1. The van der Waals surface area contributed by atoms with Crippen LogP contribution in [0.25, 0.3) is 0 Å². The van der Waals surface area contributed by atoms with E-state index in [1.54, 1.807) is 13.2 Å². The Morgan fingerprint density at radius 2 is 2.06 bits per heavy atom. The second-order valence-electron chi connectivity index (χ2n) is 5.12. The number of phenolic OH excluding ortho intramolecular Hbond substituents is 1. The van der Waals surface area contributed by atoms with Gasteiger partial charge in [0.25, 0.3) is 0 Å². The number of ether oxygens (including phenoxy) is 1. The van der Waals surface area contributed by atoms with E-state index in [1.165, 1.54) is 19.3 Å². The van der Waals surface area contributed by atoms with Crippen molar-refractivity contribution in [1.29, 1.82) is 0 Å². The lowest BCUT2D eigenvalue weighted by Gasteiger charge is -2.31. The van der Waals surface area contributed by atoms with E-state index in [2.05, 4.69) is 11.8 Å². The van der Waals surface area contributed by atoms with Crippen LogP contribution in [0, 0.1) is 5.92 Å². The van der Waals surface area contributed by atoms with E-state index in [4.69, 9.17) is 4.74 Å². The molecule has 0 atom stereocenters. The first-order chi connectivity index (χ1) is 8.72. The second-order valence-corrected chi connectivity index (χ2v) is 5.12. The molecule has 1 N–H and O–H groups in total. The standard InChI is InChI=1S/C15H23NO2/c1-3-12-6-8-16(9-7-12)11-13-4-5-14(18-2)10-15(13)17/h4-5,10,12,17H,3,6-9,11H2,1-2H3. The van der Waals surface area contributed by atoms with E-state index in [1.807, 2.05) is 12.1 Å². The SMILES string of the molecule is CCC1CCN(Cc2ccc(OC)cc2O)CC1. The molecule has 0 radical (unpaired) electrons. The summed E-state index contributed by atoms with van der Waals surface area (Å²) < 4.78 is 5.09. The molecule has 1 aliphatic rings. The molecule has 3 heteroatoms. The van der Waals surface area contributed by atoms with E-state index in [-0.39, 0.29) is 0 Å². The molecule has 100 valence electrons. The van der Waals surface area contributed by atoms with Gasteiger partial charge in [0.2, 0.25) is 0 Å². The first kappa shape index (κ1) is 13.2. The molecule has 0 aliphatic carbocycles. The van der Waals surface area contributed by atoms with Crippen LogP contribution in [0.2, 0.25) is 0 Å². The number of rotatable bonds is 4. The lowest BCUT2D eigenvalue weighted by Crippen LogP contribution is -2.33. The Morgan fingerprint density at radius 3 is 2.61 bits per heavy atom. The van der Waals surface area contributed by atoms with Gasteiger partial charge in [-0.2, -0.15) is 0 Å². The molecule has 18 heavy (non-hydrogen) atoms. The van der Waals surface area contributed by atoms with Crippen molar-refractivity contribution in [3.8, 4) is 11.5 Å². The molecule has 0 bridgehead atoms. The normalized spacial score (nSPS) is 17.9. The highest BCUT2D eigenvalue weighted by atomic mass is 16.5. The van der Waals surface area contributed by atoms with Gasteiger partial charge >= 0.3 is 0 Å². The minimum Gasteiger partial charge on any atom is -0.507 e. The van der Waals surface area contributed by atoms with Gasteiger partial charge in [-0.1, -0.05) is 19.4 Å². The van der Waals surface area contributed by atoms with Crippen LogP contribution in [0.5, 0.6) is 11.5 Å².